The van der Waals surface area contributed by atoms with Crippen LogP contribution in [-0.4, -0.2) is 16.9 Å². The molecular formula is C13H8ClN5O2. The Labute approximate surface area is 124 Å². The van der Waals surface area contributed by atoms with Crippen molar-refractivity contribution in [3.8, 4) is 17.5 Å². The fraction of sp³-hybridized carbons (Fsp3) is 0.0769. The monoisotopic (exact) mass is 301 g/mol. The van der Waals surface area contributed by atoms with Crippen LogP contribution in [0.15, 0.2) is 35.6 Å². The molecule has 0 spiro atoms. The van der Waals surface area contributed by atoms with E-state index < -0.39 is 5.24 Å². The van der Waals surface area contributed by atoms with Gasteiger partial charge in [-0.1, -0.05) is 5.11 Å². The van der Waals surface area contributed by atoms with Crippen LogP contribution in [0.2, 0.25) is 0 Å². The Morgan fingerprint density at radius 3 is 2.62 bits per heavy atom. The summed E-state index contributed by atoms with van der Waals surface area (Å²) in [6, 6.07) is 8.62. The highest BCUT2D eigenvalue weighted by Crippen LogP contribution is 2.31. The van der Waals surface area contributed by atoms with E-state index in [1.807, 2.05) is 6.07 Å². The zero-order valence-corrected chi connectivity index (χ0v) is 11.6. The molecule has 7 nitrogen and oxygen atoms in total. The normalized spacial score (nSPS) is 9.57. The van der Waals surface area contributed by atoms with Crippen molar-refractivity contribution in [2.75, 3.05) is 7.11 Å². The van der Waals surface area contributed by atoms with Crippen LogP contribution in [0.5, 0.6) is 5.75 Å². The number of hydrogen-bond donors (Lipinski definition) is 0. The Morgan fingerprint density at radius 2 is 2.14 bits per heavy atom. The standard InChI is InChI=1S/C13H8ClN5O2/c1-21-10-4-2-9(3-5-10)19-7-8(6-15)11(17-18-16)12(19)13(14)20/h2-5,7H,1H3. The Balaban J connectivity index is 2.70. The van der Waals surface area contributed by atoms with Crippen LogP contribution in [0.1, 0.15) is 16.1 Å². The maximum atomic E-state index is 11.6. The number of benzene rings is 1. The summed E-state index contributed by atoms with van der Waals surface area (Å²) in [5.74, 6) is 0.639. The van der Waals surface area contributed by atoms with Gasteiger partial charge in [-0.05, 0) is 41.4 Å². The van der Waals surface area contributed by atoms with Crippen molar-refractivity contribution >= 4 is 22.5 Å². The van der Waals surface area contributed by atoms with Crippen molar-refractivity contribution < 1.29 is 9.53 Å². The molecule has 0 saturated carbocycles. The third kappa shape index (κ3) is 2.67. The van der Waals surface area contributed by atoms with Gasteiger partial charge in [0.2, 0.25) is 0 Å². The van der Waals surface area contributed by atoms with E-state index in [-0.39, 0.29) is 16.9 Å². The molecule has 1 aromatic carbocycles. The molecule has 0 fully saturated rings. The molecule has 0 unspecified atom stereocenters. The number of carbonyl (C=O) groups is 1. The van der Waals surface area contributed by atoms with E-state index >= 15 is 0 Å². The third-order valence-corrected chi connectivity index (χ3v) is 2.96. The summed E-state index contributed by atoms with van der Waals surface area (Å²) in [6.07, 6.45) is 1.39. The molecule has 2 aromatic rings. The van der Waals surface area contributed by atoms with Crippen molar-refractivity contribution in [3.05, 3.63) is 52.2 Å². The maximum Gasteiger partial charge on any atom is 0.269 e. The smallest absolute Gasteiger partial charge is 0.269 e. The molecule has 0 N–H and O–H groups in total. The average Bonchev–Trinajstić information content (AvgIpc) is 2.86. The Kier molecular flexibility index (Phi) is 4.14. The van der Waals surface area contributed by atoms with E-state index in [0.29, 0.717) is 11.4 Å². The third-order valence-electron chi connectivity index (χ3n) is 2.78. The number of aromatic nitrogens is 1. The number of nitrogens with zero attached hydrogens (tertiary/aromatic N) is 5. The van der Waals surface area contributed by atoms with E-state index in [9.17, 15) is 4.79 Å². The van der Waals surface area contributed by atoms with E-state index in [0.717, 1.165) is 0 Å². The number of nitriles is 1. The highest BCUT2D eigenvalue weighted by atomic mass is 35.5. The van der Waals surface area contributed by atoms with Gasteiger partial charge in [0.05, 0.1) is 18.4 Å². The summed E-state index contributed by atoms with van der Waals surface area (Å²) >= 11 is 5.55. The first-order valence-electron chi connectivity index (χ1n) is 5.67. The highest BCUT2D eigenvalue weighted by Gasteiger charge is 2.20. The first-order valence-corrected chi connectivity index (χ1v) is 6.05. The lowest BCUT2D eigenvalue weighted by atomic mass is 10.2. The number of hydrogen-bond acceptors (Lipinski definition) is 4. The van der Waals surface area contributed by atoms with E-state index in [2.05, 4.69) is 10.0 Å². The lowest BCUT2D eigenvalue weighted by molar-refractivity contribution is 0.107. The Hall–Kier alpha value is -2.94. The summed E-state index contributed by atoms with van der Waals surface area (Å²) in [4.78, 5) is 14.2. The summed E-state index contributed by atoms with van der Waals surface area (Å²) in [6.45, 7) is 0. The molecule has 0 radical (unpaired) electrons. The van der Waals surface area contributed by atoms with Gasteiger partial charge in [0.1, 0.15) is 17.5 Å². The van der Waals surface area contributed by atoms with Gasteiger partial charge in [-0.25, -0.2) is 0 Å². The van der Waals surface area contributed by atoms with Crippen LogP contribution in [-0.2, 0) is 0 Å². The van der Waals surface area contributed by atoms with Gasteiger partial charge in [0.25, 0.3) is 5.24 Å². The van der Waals surface area contributed by atoms with Gasteiger partial charge >= 0.3 is 0 Å². The van der Waals surface area contributed by atoms with Crippen molar-refractivity contribution in [1.82, 2.24) is 4.57 Å². The minimum Gasteiger partial charge on any atom is -0.497 e. The molecule has 0 aliphatic heterocycles. The average molecular weight is 302 g/mol. The molecule has 0 saturated heterocycles. The van der Waals surface area contributed by atoms with Crippen LogP contribution in [0.4, 0.5) is 5.69 Å². The largest absolute Gasteiger partial charge is 0.497 e. The Bertz CT molecular complexity index is 782. The number of methoxy groups -OCH3 is 1. The van der Waals surface area contributed by atoms with E-state index in [1.165, 1.54) is 17.9 Å². The second-order valence-corrected chi connectivity index (χ2v) is 4.23. The molecule has 8 heteroatoms. The highest BCUT2D eigenvalue weighted by molar-refractivity contribution is 6.68. The number of rotatable bonds is 4. The SMILES string of the molecule is COc1ccc(-n2cc(C#N)c(N=[N+]=[N-])c2C(=O)Cl)cc1. The van der Waals surface area contributed by atoms with Gasteiger partial charge in [-0.3, -0.25) is 4.79 Å². The summed E-state index contributed by atoms with van der Waals surface area (Å²) < 4.78 is 6.45. The van der Waals surface area contributed by atoms with Gasteiger partial charge < -0.3 is 9.30 Å². The fourth-order valence-corrected chi connectivity index (χ4v) is 2.04. The molecular weight excluding hydrogens is 294 g/mol. The van der Waals surface area contributed by atoms with Crippen LogP contribution in [0.3, 0.4) is 0 Å². The molecule has 1 heterocycles. The maximum absolute atomic E-state index is 11.6. The molecule has 0 bridgehead atoms. The van der Waals surface area contributed by atoms with Crippen molar-refractivity contribution in [2.45, 2.75) is 0 Å². The predicted molar refractivity (Wildman–Crippen MR) is 76.0 cm³/mol. The summed E-state index contributed by atoms with van der Waals surface area (Å²) in [7, 11) is 1.53. The zero-order chi connectivity index (χ0) is 15.4. The van der Waals surface area contributed by atoms with Crippen molar-refractivity contribution in [2.24, 2.45) is 5.11 Å². The van der Waals surface area contributed by atoms with Crippen molar-refractivity contribution in [1.29, 1.82) is 5.26 Å². The van der Waals surface area contributed by atoms with Gasteiger partial charge in [0.15, 0.2) is 0 Å². The molecule has 21 heavy (non-hydrogen) atoms. The van der Waals surface area contributed by atoms with Crippen LogP contribution in [0, 0.1) is 11.3 Å². The predicted octanol–water partition coefficient (Wildman–Crippen LogP) is 3.68. The molecule has 0 amide bonds. The second-order valence-electron chi connectivity index (χ2n) is 3.88. The fourth-order valence-electron chi connectivity index (χ4n) is 1.86. The van der Waals surface area contributed by atoms with Crippen LogP contribution >= 0.6 is 11.6 Å². The van der Waals surface area contributed by atoms with Crippen molar-refractivity contribution in [3.63, 3.8) is 0 Å². The topological polar surface area (TPSA) is 104 Å². The number of halogens is 1. The molecule has 0 atom stereocenters. The minimum atomic E-state index is -0.824. The molecule has 0 aliphatic rings. The number of carbonyl (C=O) groups excluding carboxylic acids is 1. The van der Waals surface area contributed by atoms with Gasteiger partial charge in [0, 0.05) is 16.8 Å². The number of ether oxygens (including phenoxy) is 1. The molecule has 104 valence electrons. The molecule has 2 rings (SSSR count). The van der Waals surface area contributed by atoms with Gasteiger partial charge in [-0.15, -0.1) is 0 Å². The van der Waals surface area contributed by atoms with Crippen LogP contribution in [0.25, 0.3) is 16.1 Å². The zero-order valence-electron chi connectivity index (χ0n) is 10.8. The lowest BCUT2D eigenvalue weighted by Crippen LogP contribution is -2.02. The summed E-state index contributed by atoms with van der Waals surface area (Å²) in [5.41, 5.74) is 9.06. The van der Waals surface area contributed by atoms with Gasteiger partial charge in [-0.2, -0.15) is 5.26 Å². The van der Waals surface area contributed by atoms with E-state index in [1.54, 1.807) is 24.3 Å². The first-order chi connectivity index (χ1) is 10.1. The number of azide groups is 1. The summed E-state index contributed by atoms with van der Waals surface area (Å²) in [5, 5.41) is 11.6. The van der Waals surface area contributed by atoms with Crippen LogP contribution < -0.4 is 4.74 Å². The lowest BCUT2D eigenvalue weighted by Gasteiger charge is -2.07. The minimum absolute atomic E-state index is 0.0591. The second kappa shape index (κ2) is 6.01. The first kappa shape index (κ1) is 14.5. The molecule has 1 aromatic heterocycles. The molecule has 0 aliphatic carbocycles. The quantitative estimate of drug-likeness (QED) is 0.372. The van der Waals surface area contributed by atoms with E-state index in [4.69, 9.17) is 27.1 Å². The Morgan fingerprint density at radius 1 is 1.48 bits per heavy atom.